The molecule has 2 rings (SSSR count). The lowest BCUT2D eigenvalue weighted by molar-refractivity contribution is 0.124. The highest BCUT2D eigenvalue weighted by molar-refractivity contribution is 7.88. The maximum Gasteiger partial charge on any atom is 0.243 e. The van der Waals surface area contributed by atoms with E-state index >= 15 is 0 Å². The van der Waals surface area contributed by atoms with Gasteiger partial charge in [-0.05, 0) is 6.92 Å². The average Bonchev–Trinajstić information content (AvgIpc) is 2.86. The number of piperazine rings is 1. The maximum absolute atomic E-state index is 11.5. The molecule has 0 N–H and O–H groups in total. The minimum absolute atomic E-state index is 0.00434. The molecule has 0 saturated carbocycles. The Balaban J connectivity index is 2.02. The molecular weight excluding hydrogens is 292 g/mol. The van der Waals surface area contributed by atoms with Gasteiger partial charge >= 0.3 is 0 Å². The zero-order valence-electron chi connectivity index (χ0n) is 13.3. The van der Waals surface area contributed by atoms with Gasteiger partial charge in [0, 0.05) is 31.6 Å². The Bertz CT molecular complexity index is 583. The highest BCUT2D eigenvalue weighted by atomic mass is 32.2. The van der Waals surface area contributed by atoms with Crippen molar-refractivity contribution in [3.05, 3.63) is 11.7 Å². The van der Waals surface area contributed by atoms with E-state index in [1.54, 1.807) is 0 Å². The molecule has 21 heavy (non-hydrogen) atoms. The smallest absolute Gasteiger partial charge is 0.243 e. The monoisotopic (exact) mass is 316 g/mol. The van der Waals surface area contributed by atoms with E-state index in [2.05, 4.69) is 15.0 Å². The first-order valence-electron chi connectivity index (χ1n) is 7.12. The molecule has 0 aromatic carbocycles. The van der Waals surface area contributed by atoms with Crippen LogP contribution in [-0.2, 0) is 15.4 Å². The summed E-state index contributed by atoms with van der Waals surface area (Å²) in [6, 6.07) is -0.00434. The Morgan fingerprint density at radius 3 is 2.19 bits per heavy atom. The molecule has 1 unspecified atom stereocenters. The van der Waals surface area contributed by atoms with Crippen LogP contribution in [0.5, 0.6) is 0 Å². The fraction of sp³-hybridized carbons (Fsp3) is 0.846. The van der Waals surface area contributed by atoms with Crippen LogP contribution in [0.3, 0.4) is 0 Å². The van der Waals surface area contributed by atoms with Crippen molar-refractivity contribution in [2.75, 3.05) is 32.4 Å². The van der Waals surface area contributed by atoms with Crippen LogP contribution in [-0.4, -0.2) is 60.2 Å². The molecule has 1 fully saturated rings. The summed E-state index contributed by atoms with van der Waals surface area (Å²) in [5.74, 6) is 1.28. The van der Waals surface area contributed by atoms with E-state index in [0.717, 1.165) is 0 Å². The summed E-state index contributed by atoms with van der Waals surface area (Å²) >= 11 is 0. The van der Waals surface area contributed by atoms with Gasteiger partial charge in [-0.1, -0.05) is 25.9 Å². The van der Waals surface area contributed by atoms with Gasteiger partial charge in [-0.25, -0.2) is 8.42 Å². The van der Waals surface area contributed by atoms with Crippen LogP contribution < -0.4 is 0 Å². The summed E-state index contributed by atoms with van der Waals surface area (Å²) in [7, 11) is -3.10. The van der Waals surface area contributed by atoms with E-state index in [9.17, 15) is 8.42 Å². The molecule has 1 aliphatic rings. The molecule has 7 nitrogen and oxygen atoms in total. The molecule has 0 amide bonds. The topological polar surface area (TPSA) is 79.5 Å². The Labute approximate surface area is 126 Å². The molecule has 120 valence electrons. The SMILES string of the molecule is CC(c1nc(C(C)(C)C)no1)N1CCN(S(C)(=O)=O)CC1. The van der Waals surface area contributed by atoms with Gasteiger partial charge in [-0.15, -0.1) is 0 Å². The van der Waals surface area contributed by atoms with Gasteiger partial charge in [0.2, 0.25) is 15.9 Å². The van der Waals surface area contributed by atoms with Crippen molar-refractivity contribution in [3.63, 3.8) is 0 Å². The van der Waals surface area contributed by atoms with Crippen molar-refractivity contribution in [2.45, 2.75) is 39.2 Å². The van der Waals surface area contributed by atoms with Gasteiger partial charge in [0.25, 0.3) is 0 Å². The van der Waals surface area contributed by atoms with Crippen LogP contribution in [0.1, 0.15) is 45.5 Å². The lowest BCUT2D eigenvalue weighted by atomic mass is 9.96. The minimum atomic E-state index is -3.10. The third kappa shape index (κ3) is 3.81. The zero-order chi connectivity index (χ0) is 15.8. The second-order valence-electron chi connectivity index (χ2n) is 6.58. The normalized spacial score (nSPS) is 20.6. The maximum atomic E-state index is 11.5. The molecule has 0 aliphatic carbocycles. The van der Waals surface area contributed by atoms with Crippen molar-refractivity contribution in [2.24, 2.45) is 0 Å². The molecule has 8 heteroatoms. The van der Waals surface area contributed by atoms with Crippen molar-refractivity contribution >= 4 is 10.0 Å². The van der Waals surface area contributed by atoms with Crippen LogP contribution in [0.2, 0.25) is 0 Å². The lowest BCUT2D eigenvalue weighted by Crippen LogP contribution is -2.48. The first kappa shape index (κ1) is 16.4. The van der Waals surface area contributed by atoms with Gasteiger partial charge in [0.1, 0.15) is 0 Å². The molecule has 1 aromatic rings. The van der Waals surface area contributed by atoms with Crippen molar-refractivity contribution in [1.82, 2.24) is 19.3 Å². The van der Waals surface area contributed by atoms with E-state index in [1.165, 1.54) is 10.6 Å². The Hall–Kier alpha value is -0.990. The van der Waals surface area contributed by atoms with Crippen LogP contribution in [0.25, 0.3) is 0 Å². The van der Waals surface area contributed by atoms with E-state index in [0.29, 0.717) is 37.9 Å². The van der Waals surface area contributed by atoms with E-state index in [1.807, 2.05) is 27.7 Å². The molecule has 1 atom stereocenters. The molecule has 1 saturated heterocycles. The summed E-state index contributed by atoms with van der Waals surface area (Å²) < 4.78 is 29.9. The fourth-order valence-electron chi connectivity index (χ4n) is 2.29. The molecule has 2 heterocycles. The largest absolute Gasteiger partial charge is 0.338 e. The molecule has 0 spiro atoms. The molecule has 1 aliphatic heterocycles. The average molecular weight is 316 g/mol. The quantitative estimate of drug-likeness (QED) is 0.828. The highest BCUT2D eigenvalue weighted by Gasteiger charge is 2.30. The first-order chi connectivity index (χ1) is 9.59. The summed E-state index contributed by atoms with van der Waals surface area (Å²) in [6.45, 7) is 10.5. The Morgan fingerprint density at radius 1 is 1.19 bits per heavy atom. The summed E-state index contributed by atoms with van der Waals surface area (Å²) in [4.78, 5) is 6.64. The van der Waals surface area contributed by atoms with E-state index < -0.39 is 10.0 Å². The number of nitrogens with zero attached hydrogens (tertiary/aromatic N) is 4. The Kier molecular flexibility index (Phi) is 4.41. The summed E-state index contributed by atoms with van der Waals surface area (Å²) in [5.41, 5.74) is -0.142. The zero-order valence-corrected chi connectivity index (χ0v) is 14.1. The third-order valence-corrected chi connectivity index (χ3v) is 5.06. The second-order valence-corrected chi connectivity index (χ2v) is 8.56. The number of aromatic nitrogens is 2. The molecule has 1 aromatic heterocycles. The van der Waals surface area contributed by atoms with Crippen LogP contribution in [0.4, 0.5) is 0 Å². The molecular formula is C13H24N4O3S. The number of sulfonamides is 1. The predicted octanol–water partition coefficient (Wildman–Crippen LogP) is 1.01. The first-order valence-corrected chi connectivity index (χ1v) is 8.97. The second kappa shape index (κ2) is 5.66. The number of hydrogen-bond donors (Lipinski definition) is 0. The Morgan fingerprint density at radius 2 is 1.76 bits per heavy atom. The molecule has 0 radical (unpaired) electrons. The van der Waals surface area contributed by atoms with Gasteiger partial charge in [0.15, 0.2) is 5.82 Å². The van der Waals surface area contributed by atoms with Crippen molar-refractivity contribution in [3.8, 4) is 0 Å². The predicted molar refractivity (Wildman–Crippen MR) is 79.4 cm³/mol. The lowest BCUT2D eigenvalue weighted by Gasteiger charge is -2.35. The van der Waals surface area contributed by atoms with E-state index in [-0.39, 0.29) is 11.5 Å². The van der Waals surface area contributed by atoms with Crippen molar-refractivity contribution in [1.29, 1.82) is 0 Å². The van der Waals surface area contributed by atoms with Gasteiger partial charge in [0.05, 0.1) is 12.3 Å². The standard InChI is InChI=1S/C13H24N4O3S/c1-10(11-14-12(15-20-11)13(2,3)4)16-6-8-17(9-7-16)21(5,18)19/h10H,6-9H2,1-5H3. The highest BCUT2D eigenvalue weighted by Crippen LogP contribution is 2.24. The third-order valence-electron chi connectivity index (χ3n) is 3.76. The van der Waals surface area contributed by atoms with Gasteiger partial charge < -0.3 is 4.52 Å². The number of rotatable bonds is 3. The molecule has 0 bridgehead atoms. The summed E-state index contributed by atoms with van der Waals surface area (Å²) in [5, 5.41) is 4.04. The van der Waals surface area contributed by atoms with Crippen LogP contribution in [0.15, 0.2) is 4.52 Å². The number of hydrogen-bond acceptors (Lipinski definition) is 6. The van der Waals surface area contributed by atoms with Gasteiger partial charge in [-0.3, -0.25) is 4.90 Å². The van der Waals surface area contributed by atoms with E-state index in [4.69, 9.17) is 4.52 Å². The summed E-state index contributed by atoms with van der Waals surface area (Å²) in [6.07, 6.45) is 1.25. The van der Waals surface area contributed by atoms with Crippen molar-refractivity contribution < 1.29 is 12.9 Å². The van der Waals surface area contributed by atoms with Crippen LogP contribution in [0, 0.1) is 0 Å². The fourth-order valence-corrected chi connectivity index (χ4v) is 3.11. The van der Waals surface area contributed by atoms with Gasteiger partial charge in [-0.2, -0.15) is 9.29 Å². The van der Waals surface area contributed by atoms with Crippen LogP contribution >= 0.6 is 0 Å². The minimum Gasteiger partial charge on any atom is -0.338 e.